The van der Waals surface area contributed by atoms with Gasteiger partial charge in [-0.25, -0.2) is 0 Å². The average Bonchev–Trinajstić information content (AvgIpc) is 2.29. The summed E-state index contributed by atoms with van der Waals surface area (Å²) in [7, 11) is 0. The highest BCUT2D eigenvalue weighted by Gasteiger charge is 2.34. The van der Waals surface area contributed by atoms with Gasteiger partial charge in [0.2, 0.25) is 5.91 Å². The zero-order chi connectivity index (χ0) is 12.7. The second-order valence-corrected chi connectivity index (χ2v) is 5.86. The molecule has 17 heavy (non-hydrogen) atoms. The second-order valence-electron chi connectivity index (χ2n) is 5.86. The minimum atomic E-state index is -0.573. The number of unbranched alkanes of at least 4 members (excludes halogenated alkanes) is 1. The van der Waals surface area contributed by atoms with Crippen LogP contribution >= 0.6 is 0 Å². The van der Waals surface area contributed by atoms with Crippen LogP contribution in [0.4, 0.5) is 0 Å². The van der Waals surface area contributed by atoms with Gasteiger partial charge in [-0.15, -0.1) is 0 Å². The predicted molar refractivity (Wildman–Crippen MR) is 71.7 cm³/mol. The Labute approximate surface area is 106 Å². The van der Waals surface area contributed by atoms with Gasteiger partial charge in [0.05, 0.1) is 5.54 Å². The Kier molecular flexibility index (Phi) is 5.96. The van der Waals surface area contributed by atoms with Crippen molar-refractivity contribution in [2.45, 2.75) is 70.8 Å². The Morgan fingerprint density at radius 2 is 1.88 bits per heavy atom. The first-order valence-corrected chi connectivity index (χ1v) is 7.12. The number of nitrogens with two attached hydrogens (primary N) is 1. The Bertz CT molecular complexity index is 232. The molecule has 0 aromatic carbocycles. The third-order valence-electron chi connectivity index (χ3n) is 3.69. The van der Waals surface area contributed by atoms with Crippen molar-refractivity contribution >= 4 is 5.91 Å². The van der Waals surface area contributed by atoms with E-state index in [1.807, 2.05) is 0 Å². The zero-order valence-electron chi connectivity index (χ0n) is 11.4. The van der Waals surface area contributed by atoms with Gasteiger partial charge in [0.25, 0.3) is 0 Å². The Morgan fingerprint density at radius 3 is 2.47 bits per heavy atom. The molecule has 0 aromatic heterocycles. The summed E-state index contributed by atoms with van der Waals surface area (Å²) in [4.78, 5) is 12.0. The van der Waals surface area contributed by atoms with Crippen LogP contribution in [0.2, 0.25) is 0 Å². The zero-order valence-corrected chi connectivity index (χ0v) is 11.4. The molecule has 0 heterocycles. The molecule has 3 nitrogen and oxygen atoms in total. The predicted octanol–water partition coefficient (Wildman–Crippen LogP) is 2.59. The van der Waals surface area contributed by atoms with Crippen molar-refractivity contribution in [3.05, 3.63) is 0 Å². The van der Waals surface area contributed by atoms with E-state index in [4.69, 9.17) is 5.73 Å². The van der Waals surface area contributed by atoms with Crippen LogP contribution in [0.3, 0.4) is 0 Å². The van der Waals surface area contributed by atoms with Crippen LogP contribution in [0, 0.1) is 5.92 Å². The number of amides is 1. The number of rotatable bonds is 6. The molecule has 3 N–H and O–H groups in total. The van der Waals surface area contributed by atoms with Gasteiger partial charge in [-0.3, -0.25) is 4.79 Å². The smallest absolute Gasteiger partial charge is 0.240 e. The van der Waals surface area contributed by atoms with E-state index in [1.165, 1.54) is 19.3 Å². The first-order chi connectivity index (χ1) is 8.04. The lowest BCUT2D eigenvalue weighted by Gasteiger charge is -2.31. The van der Waals surface area contributed by atoms with Crippen molar-refractivity contribution in [3.8, 4) is 0 Å². The van der Waals surface area contributed by atoms with Gasteiger partial charge in [0.1, 0.15) is 0 Å². The maximum atomic E-state index is 12.0. The van der Waals surface area contributed by atoms with Crippen LogP contribution in [0.5, 0.6) is 0 Å². The molecule has 0 radical (unpaired) electrons. The third kappa shape index (κ3) is 5.07. The summed E-state index contributed by atoms with van der Waals surface area (Å²) in [5.41, 5.74) is 5.58. The van der Waals surface area contributed by atoms with E-state index in [0.29, 0.717) is 0 Å². The lowest BCUT2D eigenvalue weighted by Crippen LogP contribution is -2.55. The minimum absolute atomic E-state index is 0.0711. The Morgan fingerprint density at radius 1 is 1.24 bits per heavy atom. The molecule has 1 rings (SSSR count). The van der Waals surface area contributed by atoms with Gasteiger partial charge < -0.3 is 11.1 Å². The lowest BCUT2D eigenvalue weighted by atomic mass is 9.82. The monoisotopic (exact) mass is 240 g/mol. The van der Waals surface area contributed by atoms with Gasteiger partial charge in [-0.2, -0.15) is 0 Å². The molecule has 1 aliphatic carbocycles. The molecule has 1 fully saturated rings. The summed E-state index contributed by atoms with van der Waals surface area (Å²) in [6.45, 7) is 5.25. The van der Waals surface area contributed by atoms with E-state index in [1.54, 1.807) is 0 Å². The Hall–Kier alpha value is -0.570. The van der Waals surface area contributed by atoms with Crippen LogP contribution in [-0.4, -0.2) is 18.0 Å². The molecule has 1 amide bonds. The van der Waals surface area contributed by atoms with Crippen molar-refractivity contribution in [2.75, 3.05) is 6.54 Å². The number of carbonyl (C=O) groups excluding carboxylic acids is 1. The molecule has 0 spiro atoms. The average molecular weight is 240 g/mol. The highest BCUT2D eigenvalue weighted by molar-refractivity contribution is 5.86. The normalized spacial score (nSPS) is 19.3. The van der Waals surface area contributed by atoms with Gasteiger partial charge >= 0.3 is 0 Å². The highest BCUT2D eigenvalue weighted by atomic mass is 16.2. The second kappa shape index (κ2) is 7.00. The third-order valence-corrected chi connectivity index (χ3v) is 3.69. The fraction of sp³-hybridized carbons (Fsp3) is 0.929. The number of hydrogen-bond donors (Lipinski definition) is 2. The number of hydrogen-bond acceptors (Lipinski definition) is 2. The van der Waals surface area contributed by atoms with Crippen molar-refractivity contribution in [1.82, 2.24) is 5.32 Å². The molecule has 0 atom stereocenters. The van der Waals surface area contributed by atoms with E-state index in [-0.39, 0.29) is 5.91 Å². The highest BCUT2D eigenvalue weighted by Crippen LogP contribution is 2.25. The van der Waals surface area contributed by atoms with Gasteiger partial charge in [0.15, 0.2) is 0 Å². The lowest BCUT2D eigenvalue weighted by molar-refractivity contribution is -0.127. The maximum Gasteiger partial charge on any atom is 0.240 e. The van der Waals surface area contributed by atoms with Crippen LogP contribution in [0.1, 0.15) is 65.2 Å². The number of carbonyl (C=O) groups is 1. The molecule has 0 saturated heterocycles. The molecule has 0 unspecified atom stereocenters. The molecule has 1 saturated carbocycles. The van der Waals surface area contributed by atoms with Crippen molar-refractivity contribution < 1.29 is 4.79 Å². The van der Waals surface area contributed by atoms with Crippen LogP contribution in [0.25, 0.3) is 0 Å². The first-order valence-electron chi connectivity index (χ1n) is 7.12. The van der Waals surface area contributed by atoms with E-state index < -0.39 is 5.54 Å². The largest absolute Gasteiger partial charge is 0.355 e. The summed E-state index contributed by atoms with van der Waals surface area (Å²) in [6.07, 6.45) is 8.62. The molecule has 0 bridgehead atoms. The minimum Gasteiger partial charge on any atom is -0.355 e. The van der Waals surface area contributed by atoms with Crippen LogP contribution in [-0.2, 0) is 4.79 Å². The quantitative estimate of drug-likeness (QED) is 0.701. The Balaban J connectivity index is 2.15. The topological polar surface area (TPSA) is 55.1 Å². The van der Waals surface area contributed by atoms with Gasteiger partial charge in [-0.05, 0) is 25.2 Å². The first kappa shape index (κ1) is 14.5. The summed E-state index contributed by atoms with van der Waals surface area (Å²) in [5, 5.41) is 3.00. The SMILES string of the molecule is CC(C)CCCCNC(=O)C1(N)CCCCC1. The standard InChI is InChI=1S/C14H28N2O/c1-12(2)8-4-7-11-16-13(17)14(15)9-5-3-6-10-14/h12H,3-11,15H2,1-2H3,(H,16,17). The van der Waals surface area contributed by atoms with Crippen molar-refractivity contribution in [2.24, 2.45) is 11.7 Å². The maximum absolute atomic E-state index is 12.0. The molecule has 0 aliphatic heterocycles. The van der Waals surface area contributed by atoms with E-state index in [2.05, 4.69) is 19.2 Å². The van der Waals surface area contributed by atoms with Crippen LogP contribution in [0.15, 0.2) is 0 Å². The molecule has 100 valence electrons. The summed E-state index contributed by atoms with van der Waals surface area (Å²) in [5.74, 6) is 0.826. The molecular formula is C14H28N2O. The fourth-order valence-electron chi connectivity index (χ4n) is 2.47. The number of nitrogens with one attached hydrogen (secondary N) is 1. The summed E-state index contributed by atoms with van der Waals surface area (Å²) in [6, 6.07) is 0. The molecule has 1 aliphatic rings. The van der Waals surface area contributed by atoms with Gasteiger partial charge in [-0.1, -0.05) is 46.0 Å². The summed E-state index contributed by atoms with van der Waals surface area (Å²) >= 11 is 0. The summed E-state index contributed by atoms with van der Waals surface area (Å²) < 4.78 is 0. The molecular weight excluding hydrogens is 212 g/mol. The van der Waals surface area contributed by atoms with Crippen molar-refractivity contribution in [3.63, 3.8) is 0 Å². The molecule has 0 aromatic rings. The fourth-order valence-corrected chi connectivity index (χ4v) is 2.47. The van der Waals surface area contributed by atoms with Crippen LogP contribution < -0.4 is 11.1 Å². The van der Waals surface area contributed by atoms with E-state index in [9.17, 15) is 4.79 Å². The van der Waals surface area contributed by atoms with Crippen molar-refractivity contribution in [1.29, 1.82) is 0 Å². The van der Waals surface area contributed by atoms with E-state index in [0.717, 1.165) is 44.6 Å². The van der Waals surface area contributed by atoms with Gasteiger partial charge in [0, 0.05) is 6.54 Å². The van der Waals surface area contributed by atoms with E-state index >= 15 is 0 Å². The molecule has 3 heteroatoms.